The van der Waals surface area contributed by atoms with E-state index >= 15 is 0 Å². The van der Waals surface area contributed by atoms with Crippen molar-refractivity contribution < 1.29 is 28.6 Å². The molecular formula is C76H138O6. The van der Waals surface area contributed by atoms with Gasteiger partial charge in [-0.15, -0.1) is 0 Å². The minimum atomic E-state index is -0.775. The molecule has 0 amide bonds. The number of esters is 3. The molecule has 0 aliphatic rings. The smallest absolute Gasteiger partial charge is 0.306 e. The summed E-state index contributed by atoms with van der Waals surface area (Å²) in [5.74, 6) is -0.855. The molecule has 0 aromatic heterocycles. The summed E-state index contributed by atoms with van der Waals surface area (Å²) in [6.07, 6.45) is 91.3. The van der Waals surface area contributed by atoms with Crippen LogP contribution >= 0.6 is 0 Å². The van der Waals surface area contributed by atoms with Crippen LogP contribution in [0.15, 0.2) is 60.8 Å². The summed E-state index contributed by atoms with van der Waals surface area (Å²) >= 11 is 0. The van der Waals surface area contributed by atoms with Crippen molar-refractivity contribution in [1.29, 1.82) is 0 Å². The molecule has 0 aliphatic heterocycles. The van der Waals surface area contributed by atoms with Crippen LogP contribution in [0.5, 0.6) is 0 Å². The third kappa shape index (κ3) is 67.9. The quantitative estimate of drug-likeness (QED) is 0.0261. The van der Waals surface area contributed by atoms with E-state index in [-0.39, 0.29) is 31.1 Å². The second kappa shape index (κ2) is 70.6. The molecule has 0 spiro atoms. The third-order valence-corrected chi connectivity index (χ3v) is 16.3. The lowest BCUT2D eigenvalue weighted by Crippen LogP contribution is -2.30. The summed E-state index contributed by atoms with van der Waals surface area (Å²) in [6.45, 7) is 6.55. The van der Waals surface area contributed by atoms with Gasteiger partial charge in [-0.05, 0) is 77.0 Å². The minimum absolute atomic E-state index is 0.0715. The molecule has 0 saturated carbocycles. The van der Waals surface area contributed by atoms with Gasteiger partial charge in [0.1, 0.15) is 13.2 Å². The minimum Gasteiger partial charge on any atom is -0.462 e. The van der Waals surface area contributed by atoms with Crippen molar-refractivity contribution in [2.45, 2.75) is 393 Å². The number of carbonyl (C=O) groups is 3. The molecule has 82 heavy (non-hydrogen) atoms. The summed E-state index contributed by atoms with van der Waals surface area (Å²) in [5, 5.41) is 0. The van der Waals surface area contributed by atoms with Crippen LogP contribution in [0.1, 0.15) is 387 Å². The highest BCUT2D eigenvalue weighted by Crippen LogP contribution is 2.19. The first-order valence-electron chi connectivity index (χ1n) is 36.3. The standard InChI is InChI=1S/C76H138O6/c1-4-7-10-13-16-19-22-24-26-28-30-32-34-36-37-38-39-40-42-43-45-47-49-51-54-57-60-63-66-69-75(78)81-72-73(71-80-74(77)68-65-62-59-56-53-21-18-15-12-9-6-3)82-76(79)70-67-64-61-58-55-52-50-48-46-44-41-35-33-31-29-27-25-23-20-17-14-11-8-5-2/h7,10,15-16,18-19,24,26,30,32,73H,4-6,8-9,11-14,17,20-23,25,27-29,31,33-72H2,1-3H3/b10-7-,18-15-,19-16-,26-24-,32-30-. The molecule has 1 atom stereocenters. The second-order valence-electron chi connectivity index (χ2n) is 24.5. The highest BCUT2D eigenvalue weighted by molar-refractivity contribution is 5.71. The molecule has 0 radical (unpaired) electrons. The van der Waals surface area contributed by atoms with Gasteiger partial charge in [0.15, 0.2) is 6.10 Å². The number of allylic oxidation sites excluding steroid dienone is 10. The number of ether oxygens (including phenoxy) is 3. The number of carbonyl (C=O) groups excluding carboxylic acids is 3. The van der Waals surface area contributed by atoms with Crippen LogP contribution in [0, 0.1) is 0 Å². The van der Waals surface area contributed by atoms with E-state index in [1.54, 1.807) is 0 Å². The van der Waals surface area contributed by atoms with E-state index in [2.05, 4.69) is 81.5 Å². The maximum atomic E-state index is 13.0. The molecule has 0 N–H and O–H groups in total. The topological polar surface area (TPSA) is 78.9 Å². The Morgan fingerprint density at radius 1 is 0.256 bits per heavy atom. The van der Waals surface area contributed by atoms with Crippen molar-refractivity contribution in [2.24, 2.45) is 0 Å². The van der Waals surface area contributed by atoms with Crippen LogP contribution in [0.25, 0.3) is 0 Å². The number of hydrogen-bond acceptors (Lipinski definition) is 6. The van der Waals surface area contributed by atoms with Crippen LogP contribution in [0.4, 0.5) is 0 Å². The first-order chi connectivity index (χ1) is 40.5. The molecule has 478 valence electrons. The first kappa shape index (κ1) is 79.1. The Morgan fingerprint density at radius 2 is 0.488 bits per heavy atom. The summed E-state index contributed by atoms with van der Waals surface area (Å²) in [5.41, 5.74) is 0. The van der Waals surface area contributed by atoms with Gasteiger partial charge in [0, 0.05) is 19.3 Å². The molecule has 0 rings (SSSR count). The zero-order valence-corrected chi connectivity index (χ0v) is 55.0. The molecule has 0 saturated heterocycles. The molecular weight excluding hydrogens is 1010 g/mol. The van der Waals surface area contributed by atoms with Crippen LogP contribution in [0.2, 0.25) is 0 Å². The van der Waals surface area contributed by atoms with Crippen molar-refractivity contribution in [2.75, 3.05) is 13.2 Å². The van der Waals surface area contributed by atoms with Crippen LogP contribution in [-0.2, 0) is 28.6 Å². The average Bonchev–Trinajstić information content (AvgIpc) is 3.47. The summed E-state index contributed by atoms with van der Waals surface area (Å²) < 4.78 is 17.0. The van der Waals surface area contributed by atoms with Gasteiger partial charge in [-0.2, -0.15) is 0 Å². The van der Waals surface area contributed by atoms with Gasteiger partial charge in [-0.1, -0.05) is 351 Å². The molecule has 0 aromatic rings. The van der Waals surface area contributed by atoms with Crippen molar-refractivity contribution in [1.82, 2.24) is 0 Å². The van der Waals surface area contributed by atoms with E-state index in [1.165, 1.54) is 257 Å². The first-order valence-corrected chi connectivity index (χ1v) is 36.3. The Hall–Kier alpha value is -2.89. The van der Waals surface area contributed by atoms with Gasteiger partial charge in [0.25, 0.3) is 0 Å². The van der Waals surface area contributed by atoms with E-state index < -0.39 is 6.10 Å². The molecule has 6 nitrogen and oxygen atoms in total. The van der Waals surface area contributed by atoms with Crippen LogP contribution < -0.4 is 0 Å². The van der Waals surface area contributed by atoms with Crippen LogP contribution in [-0.4, -0.2) is 37.2 Å². The Kier molecular flexibility index (Phi) is 68.1. The lowest BCUT2D eigenvalue weighted by molar-refractivity contribution is -0.167. The SMILES string of the molecule is CC/C=C\C/C=C\C/C=C\C/C=C\CCCCCCCCCCCCCCCCCCC(=O)OCC(COC(=O)CCCCCCC/C=C\CCCC)OC(=O)CCCCCCCCCCCCCCCCCCCCCCCCCC. The van der Waals surface area contributed by atoms with E-state index in [9.17, 15) is 14.4 Å². The van der Waals surface area contributed by atoms with Crippen LogP contribution in [0.3, 0.4) is 0 Å². The Bertz CT molecular complexity index is 1460. The van der Waals surface area contributed by atoms with E-state index in [1.807, 2.05) is 0 Å². The number of rotatable bonds is 67. The fourth-order valence-electron chi connectivity index (χ4n) is 10.8. The van der Waals surface area contributed by atoms with Gasteiger partial charge in [-0.3, -0.25) is 14.4 Å². The molecule has 6 heteroatoms. The largest absolute Gasteiger partial charge is 0.462 e. The fourth-order valence-corrected chi connectivity index (χ4v) is 10.8. The highest BCUT2D eigenvalue weighted by Gasteiger charge is 2.19. The monoisotopic (exact) mass is 1150 g/mol. The summed E-state index contributed by atoms with van der Waals surface area (Å²) in [4.78, 5) is 38.4. The van der Waals surface area contributed by atoms with E-state index in [4.69, 9.17) is 14.2 Å². The third-order valence-electron chi connectivity index (χ3n) is 16.3. The maximum Gasteiger partial charge on any atom is 0.306 e. The van der Waals surface area contributed by atoms with Crippen molar-refractivity contribution >= 4 is 17.9 Å². The Morgan fingerprint density at radius 3 is 0.793 bits per heavy atom. The molecule has 0 fully saturated rings. The molecule has 0 bridgehead atoms. The molecule has 0 aromatic carbocycles. The second-order valence-corrected chi connectivity index (χ2v) is 24.5. The van der Waals surface area contributed by atoms with Crippen molar-refractivity contribution in [3.05, 3.63) is 60.8 Å². The lowest BCUT2D eigenvalue weighted by Gasteiger charge is -2.18. The molecule has 1 unspecified atom stereocenters. The Labute approximate surface area is 510 Å². The van der Waals surface area contributed by atoms with Gasteiger partial charge in [0.2, 0.25) is 0 Å². The van der Waals surface area contributed by atoms with Gasteiger partial charge in [0.05, 0.1) is 0 Å². The summed E-state index contributed by atoms with van der Waals surface area (Å²) in [7, 11) is 0. The number of unbranched alkanes of at least 4 members (excludes halogenated alkanes) is 46. The highest BCUT2D eigenvalue weighted by atomic mass is 16.6. The predicted molar refractivity (Wildman–Crippen MR) is 358 cm³/mol. The Balaban J connectivity index is 4.15. The lowest BCUT2D eigenvalue weighted by atomic mass is 10.0. The normalized spacial score (nSPS) is 12.4. The maximum absolute atomic E-state index is 13.0. The molecule has 0 aliphatic carbocycles. The summed E-state index contributed by atoms with van der Waals surface area (Å²) in [6, 6.07) is 0. The van der Waals surface area contributed by atoms with Gasteiger partial charge in [-0.25, -0.2) is 0 Å². The zero-order valence-electron chi connectivity index (χ0n) is 55.0. The van der Waals surface area contributed by atoms with E-state index in [0.717, 1.165) is 89.9 Å². The number of hydrogen-bond donors (Lipinski definition) is 0. The van der Waals surface area contributed by atoms with E-state index in [0.29, 0.717) is 19.3 Å². The van der Waals surface area contributed by atoms with Gasteiger partial charge < -0.3 is 14.2 Å². The zero-order chi connectivity index (χ0) is 59.2. The fraction of sp³-hybridized carbons (Fsp3) is 0.829. The van der Waals surface area contributed by atoms with Gasteiger partial charge >= 0.3 is 17.9 Å². The molecule has 0 heterocycles. The average molecular weight is 1150 g/mol. The van der Waals surface area contributed by atoms with Crippen molar-refractivity contribution in [3.8, 4) is 0 Å². The van der Waals surface area contributed by atoms with Crippen molar-refractivity contribution in [3.63, 3.8) is 0 Å². The predicted octanol–water partition coefficient (Wildman–Crippen LogP) is 25.1.